The van der Waals surface area contributed by atoms with E-state index in [1.165, 1.54) is 11.1 Å². The Bertz CT molecular complexity index is 342. The van der Waals surface area contributed by atoms with Gasteiger partial charge in [0.05, 0.1) is 12.7 Å². The zero-order valence-corrected chi connectivity index (χ0v) is 12.1. The molecule has 1 aromatic rings. The molecule has 3 N–H and O–H groups in total. The van der Waals surface area contributed by atoms with Crippen LogP contribution in [0.25, 0.3) is 0 Å². The molecule has 0 radical (unpaired) electrons. The first kappa shape index (κ1) is 15.5. The first-order chi connectivity index (χ1) is 8.58. The minimum atomic E-state index is -0.632. The lowest BCUT2D eigenvalue weighted by Gasteiger charge is -2.24. The van der Waals surface area contributed by atoms with E-state index in [1.54, 1.807) is 11.8 Å². The van der Waals surface area contributed by atoms with Crippen LogP contribution in [0.2, 0.25) is 0 Å². The number of hydrogen-bond acceptors (Lipinski definition) is 4. The van der Waals surface area contributed by atoms with Crippen LogP contribution >= 0.6 is 11.8 Å². The molecule has 0 aromatic heterocycles. The van der Waals surface area contributed by atoms with Crippen molar-refractivity contribution in [2.45, 2.75) is 31.2 Å². The van der Waals surface area contributed by atoms with Crippen LogP contribution in [-0.4, -0.2) is 41.0 Å². The number of aryl methyl sites for hydroxylation is 1. The summed E-state index contributed by atoms with van der Waals surface area (Å²) in [7, 11) is 1.95. The fourth-order valence-electron chi connectivity index (χ4n) is 1.86. The monoisotopic (exact) mass is 269 g/mol. The number of thioether (sulfide) groups is 1. The Morgan fingerprint density at radius 3 is 2.39 bits per heavy atom. The molecule has 0 bridgehead atoms. The lowest BCUT2D eigenvalue weighted by Crippen LogP contribution is -2.27. The molecule has 3 nitrogen and oxygen atoms in total. The summed E-state index contributed by atoms with van der Waals surface area (Å²) >= 11 is 1.67. The number of benzene rings is 1. The van der Waals surface area contributed by atoms with E-state index in [2.05, 4.69) is 43.4 Å². The lowest BCUT2D eigenvalue weighted by atomic mass is 10.0. The smallest absolute Gasteiger partial charge is 0.0861 e. The van der Waals surface area contributed by atoms with E-state index in [0.717, 1.165) is 0 Å². The van der Waals surface area contributed by atoms with E-state index in [4.69, 9.17) is 5.11 Å². The van der Waals surface area contributed by atoms with Gasteiger partial charge in [0.1, 0.15) is 0 Å². The molecule has 1 rings (SSSR count). The molecule has 0 aliphatic heterocycles. The van der Waals surface area contributed by atoms with Crippen molar-refractivity contribution in [1.82, 2.24) is 5.32 Å². The maximum absolute atomic E-state index is 9.38. The first-order valence-electron chi connectivity index (χ1n) is 6.22. The highest BCUT2D eigenvalue weighted by molar-refractivity contribution is 7.99. The van der Waals surface area contributed by atoms with Gasteiger partial charge in [0.15, 0.2) is 0 Å². The second kappa shape index (κ2) is 7.79. The van der Waals surface area contributed by atoms with Gasteiger partial charge in [-0.05, 0) is 19.5 Å². The Morgan fingerprint density at radius 2 is 1.89 bits per heavy atom. The van der Waals surface area contributed by atoms with Crippen molar-refractivity contribution in [3.8, 4) is 0 Å². The summed E-state index contributed by atoms with van der Waals surface area (Å²) in [6.07, 6.45) is -0.632. The summed E-state index contributed by atoms with van der Waals surface area (Å²) in [6.45, 7) is 4.04. The van der Waals surface area contributed by atoms with Gasteiger partial charge in [-0.25, -0.2) is 0 Å². The third kappa shape index (κ3) is 4.61. The standard InChI is InChI=1S/C14H23NO2S/c1-10-4-6-12(7-5-10)14(15-3)11(2)18-9-13(17)8-16/h4-7,11,13-17H,8-9H2,1-3H3. The van der Waals surface area contributed by atoms with E-state index in [9.17, 15) is 5.11 Å². The van der Waals surface area contributed by atoms with E-state index < -0.39 is 6.10 Å². The fourth-order valence-corrected chi connectivity index (χ4v) is 2.97. The molecule has 0 saturated carbocycles. The molecule has 0 heterocycles. The molecule has 0 amide bonds. The predicted molar refractivity (Wildman–Crippen MR) is 78.0 cm³/mol. The van der Waals surface area contributed by atoms with Crippen molar-refractivity contribution >= 4 is 11.8 Å². The van der Waals surface area contributed by atoms with E-state index in [0.29, 0.717) is 11.0 Å². The zero-order chi connectivity index (χ0) is 13.5. The topological polar surface area (TPSA) is 52.5 Å². The normalized spacial score (nSPS) is 16.3. The van der Waals surface area contributed by atoms with E-state index in [-0.39, 0.29) is 12.6 Å². The number of nitrogens with one attached hydrogen (secondary N) is 1. The molecule has 0 fully saturated rings. The summed E-state index contributed by atoms with van der Waals surface area (Å²) in [5.74, 6) is 0.557. The van der Waals surface area contributed by atoms with Gasteiger partial charge in [0.25, 0.3) is 0 Å². The molecule has 18 heavy (non-hydrogen) atoms. The first-order valence-corrected chi connectivity index (χ1v) is 7.27. The Morgan fingerprint density at radius 1 is 1.28 bits per heavy atom. The van der Waals surface area contributed by atoms with Crippen molar-refractivity contribution < 1.29 is 10.2 Å². The molecular weight excluding hydrogens is 246 g/mol. The van der Waals surface area contributed by atoms with E-state index >= 15 is 0 Å². The number of rotatable bonds is 7. The zero-order valence-electron chi connectivity index (χ0n) is 11.3. The van der Waals surface area contributed by atoms with Gasteiger partial charge in [0, 0.05) is 17.0 Å². The molecule has 4 heteroatoms. The average molecular weight is 269 g/mol. The molecular formula is C14H23NO2S. The average Bonchev–Trinajstić information content (AvgIpc) is 2.39. The second-order valence-corrected chi connectivity index (χ2v) is 5.96. The Hall–Kier alpha value is -0.550. The third-order valence-electron chi connectivity index (χ3n) is 2.98. The Labute approximate surface area is 114 Å². The van der Waals surface area contributed by atoms with Gasteiger partial charge in [-0.2, -0.15) is 11.8 Å². The molecule has 102 valence electrons. The van der Waals surface area contributed by atoms with Crippen molar-refractivity contribution in [3.63, 3.8) is 0 Å². The third-order valence-corrected chi connectivity index (χ3v) is 4.35. The summed E-state index contributed by atoms with van der Waals surface area (Å²) < 4.78 is 0. The number of aliphatic hydroxyl groups excluding tert-OH is 2. The second-order valence-electron chi connectivity index (χ2n) is 4.55. The van der Waals surface area contributed by atoms with Crippen molar-refractivity contribution in [2.75, 3.05) is 19.4 Å². The molecule has 3 atom stereocenters. The highest BCUT2D eigenvalue weighted by Crippen LogP contribution is 2.26. The summed E-state index contributed by atoms with van der Waals surface area (Å²) in [4.78, 5) is 0. The van der Waals surface area contributed by atoms with Gasteiger partial charge in [-0.15, -0.1) is 0 Å². The highest BCUT2D eigenvalue weighted by Gasteiger charge is 2.18. The highest BCUT2D eigenvalue weighted by atomic mass is 32.2. The molecule has 0 spiro atoms. The number of hydrogen-bond donors (Lipinski definition) is 3. The largest absolute Gasteiger partial charge is 0.394 e. The minimum absolute atomic E-state index is 0.172. The number of aliphatic hydroxyl groups is 2. The lowest BCUT2D eigenvalue weighted by molar-refractivity contribution is 0.113. The van der Waals surface area contributed by atoms with Gasteiger partial charge >= 0.3 is 0 Å². The van der Waals surface area contributed by atoms with Gasteiger partial charge in [-0.3, -0.25) is 0 Å². The van der Waals surface area contributed by atoms with Crippen LogP contribution in [0.4, 0.5) is 0 Å². The van der Waals surface area contributed by atoms with Crippen LogP contribution in [0.5, 0.6) is 0 Å². The predicted octanol–water partition coefficient (Wildman–Crippen LogP) is 1.73. The summed E-state index contributed by atoms with van der Waals surface area (Å²) in [5.41, 5.74) is 2.51. The van der Waals surface area contributed by atoms with Crippen molar-refractivity contribution in [1.29, 1.82) is 0 Å². The SMILES string of the molecule is CNC(c1ccc(C)cc1)C(C)SCC(O)CO. The Balaban J connectivity index is 2.62. The van der Waals surface area contributed by atoms with Crippen molar-refractivity contribution in [2.24, 2.45) is 0 Å². The molecule has 1 aromatic carbocycles. The fraction of sp³-hybridized carbons (Fsp3) is 0.571. The maximum atomic E-state index is 9.38. The van der Waals surface area contributed by atoms with E-state index in [1.807, 2.05) is 7.05 Å². The molecule has 0 aliphatic rings. The van der Waals surface area contributed by atoms with Crippen LogP contribution in [0.15, 0.2) is 24.3 Å². The molecule has 0 saturated heterocycles. The van der Waals surface area contributed by atoms with Crippen LogP contribution in [0, 0.1) is 6.92 Å². The molecule has 0 aliphatic carbocycles. The van der Waals surface area contributed by atoms with Gasteiger partial charge in [-0.1, -0.05) is 36.8 Å². The van der Waals surface area contributed by atoms with Gasteiger partial charge < -0.3 is 15.5 Å². The van der Waals surface area contributed by atoms with Gasteiger partial charge in [0.2, 0.25) is 0 Å². The Kier molecular flexibility index (Phi) is 6.71. The molecule has 3 unspecified atom stereocenters. The van der Waals surface area contributed by atoms with Crippen LogP contribution in [0.3, 0.4) is 0 Å². The quantitative estimate of drug-likeness (QED) is 0.705. The minimum Gasteiger partial charge on any atom is -0.394 e. The van der Waals surface area contributed by atoms with Crippen LogP contribution in [0.1, 0.15) is 24.1 Å². The van der Waals surface area contributed by atoms with Crippen LogP contribution in [-0.2, 0) is 0 Å². The van der Waals surface area contributed by atoms with Crippen LogP contribution < -0.4 is 5.32 Å². The van der Waals surface area contributed by atoms with Crippen molar-refractivity contribution in [3.05, 3.63) is 35.4 Å². The summed E-state index contributed by atoms with van der Waals surface area (Å²) in [6, 6.07) is 8.74. The maximum Gasteiger partial charge on any atom is 0.0861 e. The summed E-state index contributed by atoms with van der Waals surface area (Å²) in [5, 5.41) is 21.8.